The van der Waals surface area contributed by atoms with Crippen LogP contribution in [0.2, 0.25) is 0 Å². The predicted octanol–water partition coefficient (Wildman–Crippen LogP) is 1.16. The second-order valence-corrected chi connectivity index (χ2v) is 6.45. The van der Waals surface area contributed by atoms with Gasteiger partial charge >= 0.3 is 0 Å². The lowest BCUT2D eigenvalue weighted by atomic mass is 10.2. The van der Waals surface area contributed by atoms with Crippen LogP contribution in [0.1, 0.15) is 25.5 Å². The molecular weight excluding hydrogens is 240 g/mol. The quantitative estimate of drug-likeness (QED) is 0.859. The van der Waals surface area contributed by atoms with Crippen molar-refractivity contribution in [1.29, 1.82) is 0 Å². The van der Waals surface area contributed by atoms with E-state index in [4.69, 9.17) is 10.2 Å². The number of furan rings is 1. The van der Waals surface area contributed by atoms with Gasteiger partial charge in [-0.25, -0.2) is 8.42 Å². The molecule has 1 aromatic heterocycles. The van der Waals surface area contributed by atoms with E-state index >= 15 is 0 Å². The molecule has 0 aliphatic heterocycles. The molecule has 0 spiro atoms. The molecule has 1 atom stereocenters. The van der Waals surface area contributed by atoms with E-state index in [0.717, 1.165) is 12.8 Å². The van der Waals surface area contributed by atoms with E-state index in [2.05, 4.69) is 0 Å². The average Bonchev–Trinajstić information content (AvgIpc) is 3.04. The normalized spacial score (nSPS) is 18.6. The fraction of sp³-hybridized carbons (Fsp3) is 0.636. The summed E-state index contributed by atoms with van der Waals surface area (Å²) in [5.41, 5.74) is 5.40. The first-order chi connectivity index (χ1) is 7.96. The molecule has 1 aromatic rings. The van der Waals surface area contributed by atoms with Crippen LogP contribution in [-0.2, 0) is 16.6 Å². The van der Waals surface area contributed by atoms with Gasteiger partial charge in [-0.2, -0.15) is 4.31 Å². The number of rotatable bonds is 5. The maximum atomic E-state index is 12.2. The molecule has 1 unspecified atom stereocenters. The van der Waals surface area contributed by atoms with Crippen LogP contribution in [-0.4, -0.2) is 25.8 Å². The first-order valence-electron chi connectivity index (χ1n) is 5.73. The van der Waals surface area contributed by atoms with Crippen molar-refractivity contribution in [2.75, 3.05) is 7.05 Å². The molecule has 0 aromatic carbocycles. The first-order valence-corrected chi connectivity index (χ1v) is 7.17. The Morgan fingerprint density at radius 3 is 2.65 bits per heavy atom. The highest BCUT2D eigenvalue weighted by atomic mass is 32.2. The number of sulfonamides is 1. The molecule has 6 heteroatoms. The predicted molar refractivity (Wildman–Crippen MR) is 63.7 cm³/mol. The minimum Gasteiger partial charge on any atom is -0.447 e. The molecule has 1 fully saturated rings. The van der Waals surface area contributed by atoms with Gasteiger partial charge in [0, 0.05) is 13.1 Å². The minimum atomic E-state index is -3.52. The molecule has 0 bridgehead atoms. The van der Waals surface area contributed by atoms with Gasteiger partial charge in [0.05, 0.1) is 6.54 Å². The van der Waals surface area contributed by atoms with Gasteiger partial charge in [0.25, 0.3) is 10.0 Å². The third-order valence-corrected chi connectivity index (χ3v) is 5.17. The van der Waals surface area contributed by atoms with Crippen LogP contribution in [0, 0.1) is 5.92 Å². The number of nitrogens with two attached hydrogens (primary N) is 1. The standard InChI is InChI=1S/C11H18N2O3S/c1-8(9-3-4-9)13(2)17(14,15)11-6-5-10(7-12)16-11/h5-6,8-9H,3-4,7,12H2,1-2H3. The maximum Gasteiger partial charge on any atom is 0.276 e. The summed E-state index contributed by atoms with van der Waals surface area (Å²) in [6.07, 6.45) is 2.21. The molecule has 1 saturated carbocycles. The van der Waals surface area contributed by atoms with Crippen molar-refractivity contribution in [2.24, 2.45) is 11.7 Å². The van der Waals surface area contributed by atoms with Gasteiger partial charge in [-0.1, -0.05) is 0 Å². The van der Waals surface area contributed by atoms with E-state index in [1.165, 1.54) is 10.4 Å². The van der Waals surface area contributed by atoms with Crippen molar-refractivity contribution in [3.8, 4) is 0 Å². The zero-order valence-electron chi connectivity index (χ0n) is 10.1. The summed E-state index contributed by atoms with van der Waals surface area (Å²) in [4.78, 5) is 0. The van der Waals surface area contributed by atoms with Crippen molar-refractivity contribution in [3.63, 3.8) is 0 Å². The smallest absolute Gasteiger partial charge is 0.276 e. The van der Waals surface area contributed by atoms with Crippen LogP contribution in [0.5, 0.6) is 0 Å². The van der Waals surface area contributed by atoms with Gasteiger partial charge in [0.15, 0.2) is 0 Å². The zero-order valence-corrected chi connectivity index (χ0v) is 10.9. The third-order valence-electron chi connectivity index (χ3n) is 3.35. The topological polar surface area (TPSA) is 76.5 Å². The Hall–Kier alpha value is -0.850. The van der Waals surface area contributed by atoms with Crippen molar-refractivity contribution < 1.29 is 12.8 Å². The summed E-state index contributed by atoms with van der Waals surface area (Å²) < 4.78 is 31.1. The summed E-state index contributed by atoms with van der Waals surface area (Å²) in [7, 11) is -1.92. The van der Waals surface area contributed by atoms with Gasteiger partial charge in [0.1, 0.15) is 5.76 Å². The summed E-state index contributed by atoms with van der Waals surface area (Å²) in [6.45, 7) is 2.14. The Labute approximate surface area is 102 Å². The maximum absolute atomic E-state index is 12.2. The first kappa shape index (κ1) is 12.6. The summed E-state index contributed by atoms with van der Waals surface area (Å²) in [5, 5.41) is -0.0204. The van der Waals surface area contributed by atoms with Crippen molar-refractivity contribution in [1.82, 2.24) is 4.31 Å². The molecule has 0 radical (unpaired) electrons. The fourth-order valence-electron chi connectivity index (χ4n) is 1.84. The molecule has 0 saturated heterocycles. The summed E-state index contributed by atoms with van der Waals surface area (Å²) in [5.74, 6) is 0.967. The van der Waals surface area contributed by atoms with Crippen LogP contribution >= 0.6 is 0 Å². The monoisotopic (exact) mass is 258 g/mol. The Balaban J connectivity index is 2.22. The molecule has 1 heterocycles. The van der Waals surface area contributed by atoms with E-state index in [9.17, 15) is 8.42 Å². The van der Waals surface area contributed by atoms with Gasteiger partial charge in [0.2, 0.25) is 5.09 Å². The largest absolute Gasteiger partial charge is 0.447 e. The highest BCUT2D eigenvalue weighted by molar-refractivity contribution is 7.89. The lowest BCUT2D eigenvalue weighted by Gasteiger charge is -2.22. The van der Waals surface area contributed by atoms with E-state index in [1.54, 1.807) is 13.1 Å². The van der Waals surface area contributed by atoms with Gasteiger partial charge in [-0.05, 0) is 37.8 Å². The Morgan fingerprint density at radius 2 is 2.18 bits per heavy atom. The van der Waals surface area contributed by atoms with Crippen LogP contribution in [0.25, 0.3) is 0 Å². The molecule has 1 aliphatic rings. The van der Waals surface area contributed by atoms with Crippen LogP contribution < -0.4 is 5.73 Å². The van der Waals surface area contributed by atoms with Crippen LogP contribution in [0.15, 0.2) is 21.6 Å². The summed E-state index contributed by atoms with van der Waals surface area (Å²) in [6, 6.07) is 3.09. The molecule has 0 amide bonds. The average molecular weight is 258 g/mol. The van der Waals surface area contributed by atoms with Gasteiger partial charge in [-0.15, -0.1) is 0 Å². The third kappa shape index (κ3) is 2.38. The van der Waals surface area contributed by atoms with Crippen molar-refractivity contribution in [2.45, 2.75) is 37.4 Å². The van der Waals surface area contributed by atoms with E-state index in [0.29, 0.717) is 11.7 Å². The second kappa shape index (κ2) is 4.44. The van der Waals surface area contributed by atoms with Gasteiger partial charge in [-0.3, -0.25) is 0 Å². The number of hydrogen-bond acceptors (Lipinski definition) is 4. The molecule has 5 nitrogen and oxygen atoms in total. The molecule has 1 aliphatic carbocycles. The lowest BCUT2D eigenvalue weighted by Crippen LogP contribution is -2.36. The van der Waals surface area contributed by atoms with Crippen LogP contribution in [0.3, 0.4) is 0 Å². The lowest BCUT2D eigenvalue weighted by molar-refractivity contribution is 0.335. The van der Waals surface area contributed by atoms with E-state index < -0.39 is 10.0 Å². The highest BCUT2D eigenvalue weighted by Gasteiger charge is 2.37. The van der Waals surface area contributed by atoms with E-state index in [1.807, 2.05) is 6.92 Å². The SMILES string of the molecule is CC(C1CC1)N(C)S(=O)(=O)c1ccc(CN)o1. The van der Waals surface area contributed by atoms with Crippen molar-refractivity contribution >= 4 is 10.0 Å². The van der Waals surface area contributed by atoms with E-state index in [-0.39, 0.29) is 17.7 Å². The molecule has 2 rings (SSSR count). The number of nitrogens with zero attached hydrogens (tertiary/aromatic N) is 1. The molecule has 96 valence electrons. The summed E-state index contributed by atoms with van der Waals surface area (Å²) >= 11 is 0. The van der Waals surface area contributed by atoms with Crippen LogP contribution in [0.4, 0.5) is 0 Å². The van der Waals surface area contributed by atoms with Crippen molar-refractivity contribution in [3.05, 3.63) is 17.9 Å². The minimum absolute atomic E-state index is 0.0198. The Bertz CT molecular complexity index is 491. The zero-order chi connectivity index (χ0) is 12.6. The highest BCUT2D eigenvalue weighted by Crippen LogP contribution is 2.36. The number of hydrogen-bond donors (Lipinski definition) is 1. The molecule has 17 heavy (non-hydrogen) atoms. The molecule has 2 N–H and O–H groups in total. The Kier molecular flexibility index (Phi) is 3.29. The Morgan fingerprint density at radius 1 is 1.53 bits per heavy atom. The fourth-order valence-corrected chi connectivity index (χ4v) is 3.19. The second-order valence-electron chi connectivity index (χ2n) is 4.52. The van der Waals surface area contributed by atoms with Gasteiger partial charge < -0.3 is 10.2 Å². The molecular formula is C11H18N2O3S.